The van der Waals surface area contributed by atoms with Crippen LogP contribution in [-0.4, -0.2) is 32.8 Å². The lowest BCUT2D eigenvalue weighted by atomic mass is 10.0. The summed E-state index contributed by atoms with van der Waals surface area (Å²) in [5, 5.41) is 2.99. The summed E-state index contributed by atoms with van der Waals surface area (Å²) >= 11 is 0. The Labute approximate surface area is 196 Å². The van der Waals surface area contributed by atoms with Gasteiger partial charge in [-0.25, -0.2) is 8.42 Å². The van der Waals surface area contributed by atoms with E-state index in [4.69, 9.17) is 4.74 Å². The van der Waals surface area contributed by atoms with Crippen molar-refractivity contribution in [2.45, 2.75) is 38.1 Å². The molecule has 0 spiro atoms. The Morgan fingerprint density at radius 1 is 0.939 bits per heavy atom. The van der Waals surface area contributed by atoms with E-state index in [0.717, 1.165) is 35.2 Å². The fraction of sp³-hybridized carbons (Fsp3) is 0.269. The van der Waals surface area contributed by atoms with Crippen LogP contribution in [0.5, 0.6) is 5.75 Å². The van der Waals surface area contributed by atoms with Crippen LogP contribution in [-0.2, 0) is 29.4 Å². The van der Waals surface area contributed by atoms with Crippen molar-refractivity contribution in [1.29, 1.82) is 0 Å². The summed E-state index contributed by atoms with van der Waals surface area (Å²) in [6.07, 6.45) is 1.55. The third-order valence-electron chi connectivity index (χ3n) is 5.60. The van der Waals surface area contributed by atoms with Gasteiger partial charge in [-0.15, -0.1) is 0 Å². The largest absolute Gasteiger partial charge is 0.495 e. The fourth-order valence-corrected chi connectivity index (χ4v) is 5.04. The molecule has 3 aromatic rings. The van der Waals surface area contributed by atoms with Crippen LogP contribution >= 0.6 is 0 Å². The van der Waals surface area contributed by atoms with E-state index in [1.807, 2.05) is 62.4 Å². The van der Waals surface area contributed by atoms with Crippen molar-refractivity contribution in [2.75, 3.05) is 19.5 Å². The number of rotatable bonds is 9. The van der Waals surface area contributed by atoms with E-state index in [0.29, 0.717) is 0 Å². The molecule has 0 atom stereocenters. The monoisotopic (exact) mass is 466 g/mol. The molecular formula is C26H30N2O4S. The molecule has 7 heteroatoms. The Morgan fingerprint density at radius 3 is 2.15 bits per heavy atom. The normalized spacial score (nSPS) is 11.4. The molecule has 0 unspecified atom stereocenters. The number of carbonyl (C=O) groups excluding carboxylic acids is 1. The molecule has 3 aromatic carbocycles. The highest BCUT2D eigenvalue weighted by atomic mass is 32.2. The maximum Gasteiger partial charge on any atom is 0.255 e. The van der Waals surface area contributed by atoms with Crippen LogP contribution < -0.4 is 10.1 Å². The quantitative estimate of drug-likeness (QED) is 0.487. The number of hydrogen-bond acceptors (Lipinski definition) is 4. The van der Waals surface area contributed by atoms with Gasteiger partial charge >= 0.3 is 0 Å². The lowest BCUT2D eigenvalue weighted by Gasteiger charge is -2.20. The summed E-state index contributed by atoms with van der Waals surface area (Å²) in [5.74, 6) is -0.176. The summed E-state index contributed by atoms with van der Waals surface area (Å²) in [5.41, 5.74) is 3.96. The third kappa shape index (κ3) is 5.43. The van der Waals surface area contributed by atoms with Crippen molar-refractivity contribution in [3.05, 3.63) is 89.0 Å². The third-order valence-corrected chi connectivity index (χ3v) is 7.42. The number of nitrogens with zero attached hydrogens (tertiary/aromatic N) is 1. The number of para-hydroxylation sites is 1. The van der Waals surface area contributed by atoms with E-state index < -0.39 is 10.0 Å². The second-order valence-corrected chi connectivity index (χ2v) is 9.74. The van der Waals surface area contributed by atoms with Crippen LogP contribution in [0.4, 0.5) is 5.69 Å². The van der Waals surface area contributed by atoms with Gasteiger partial charge in [0, 0.05) is 24.8 Å². The summed E-state index contributed by atoms with van der Waals surface area (Å²) in [4.78, 5) is 13.1. The van der Waals surface area contributed by atoms with Gasteiger partial charge in [-0.1, -0.05) is 62.4 Å². The Balaban J connectivity index is 1.95. The van der Waals surface area contributed by atoms with Crippen molar-refractivity contribution in [2.24, 2.45) is 0 Å². The van der Waals surface area contributed by atoms with Crippen LogP contribution in [0.2, 0.25) is 0 Å². The maximum absolute atomic E-state index is 13.4. The number of amides is 1. The molecule has 0 saturated heterocycles. The Bertz CT molecular complexity index is 1200. The minimum absolute atomic E-state index is 0.0458. The van der Waals surface area contributed by atoms with Gasteiger partial charge in [-0.3, -0.25) is 4.79 Å². The predicted octanol–water partition coefficient (Wildman–Crippen LogP) is 4.89. The van der Waals surface area contributed by atoms with Gasteiger partial charge in [-0.05, 0) is 47.7 Å². The number of sulfonamides is 1. The first-order valence-electron chi connectivity index (χ1n) is 10.9. The number of ether oxygens (including phenoxy) is 1. The molecule has 0 saturated carbocycles. The number of nitrogens with one attached hydrogen (secondary N) is 1. The van der Waals surface area contributed by atoms with Gasteiger partial charge in [0.05, 0.1) is 7.11 Å². The lowest BCUT2D eigenvalue weighted by molar-refractivity contribution is 0.102. The van der Waals surface area contributed by atoms with Crippen molar-refractivity contribution in [3.8, 4) is 5.75 Å². The molecule has 174 valence electrons. The molecule has 1 amide bonds. The van der Waals surface area contributed by atoms with Crippen molar-refractivity contribution < 1.29 is 17.9 Å². The zero-order chi connectivity index (χ0) is 24.0. The molecule has 0 bridgehead atoms. The second-order valence-electron chi connectivity index (χ2n) is 7.72. The van der Waals surface area contributed by atoms with Crippen LogP contribution in [0.3, 0.4) is 0 Å². The molecule has 0 radical (unpaired) electrons. The number of carbonyl (C=O) groups is 1. The maximum atomic E-state index is 13.4. The second kappa shape index (κ2) is 10.6. The van der Waals surface area contributed by atoms with Gasteiger partial charge in [0.25, 0.3) is 5.91 Å². The number of aryl methyl sites for hydroxylation is 2. The standard InChI is InChI=1S/C26H30N2O4S/c1-5-20-13-10-14-21(6-2)25(20)27-26(29)22-15-16-23(32-4)24(17-22)33(30,31)28(3)18-19-11-8-7-9-12-19/h7-17H,5-6,18H2,1-4H3,(H,27,29). The number of hydrogen-bond donors (Lipinski definition) is 1. The smallest absolute Gasteiger partial charge is 0.255 e. The Hall–Kier alpha value is -3.16. The van der Waals surface area contributed by atoms with Gasteiger partial charge in [-0.2, -0.15) is 4.31 Å². The topological polar surface area (TPSA) is 75.7 Å². The van der Waals surface area contributed by atoms with E-state index >= 15 is 0 Å². The van der Waals surface area contributed by atoms with Gasteiger partial charge in [0.15, 0.2) is 0 Å². The zero-order valence-corrected chi connectivity index (χ0v) is 20.3. The molecule has 0 aliphatic carbocycles. The molecule has 0 aromatic heterocycles. The molecular weight excluding hydrogens is 436 g/mol. The van der Waals surface area contributed by atoms with E-state index in [1.54, 1.807) is 6.07 Å². The van der Waals surface area contributed by atoms with Crippen LogP contribution in [0.1, 0.15) is 40.9 Å². The average Bonchev–Trinajstić information content (AvgIpc) is 2.84. The summed E-state index contributed by atoms with van der Waals surface area (Å²) in [6, 6.07) is 19.7. The first-order valence-corrected chi connectivity index (χ1v) is 12.4. The summed E-state index contributed by atoms with van der Waals surface area (Å²) in [6.45, 7) is 4.27. The van der Waals surface area contributed by atoms with E-state index in [9.17, 15) is 13.2 Å². The molecule has 0 fully saturated rings. The summed E-state index contributed by atoms with van der Waals surface area (Å²) < 4.78 is 33.3. The molecule has 0 aliphatic heterocycles. The minimum atomic E-state index is -3.91. The molecule has 6 nitrogen and oxygen atoms in total. The van der Waals surface area contributed by atoms with Crippen molar-refractivity contribution in [3.63, 3.8) is 0 Å². The Morgan fingerprint density at radius 2 is 1.58 bits per heavy atom. The molecule has 1 N–H and O–H groups in total. The van der Waals surface area contributed by atoms with Crippen LogP contribution in [0.25, 0.3) is 0 Å². The van der Waals surface area contributed by atoms with Gasteiger partial charge in [0.1, 0.15) is 10.6 Å². The molecule has 3 rings (SSSR count). The van der Waals surface area contributed by atoms with E-state index in [2.05, 4.69) is 5.32 Å². The van der Waals surface area contributed by atoms with Gasteiger partial charge < -0.3 is 10.1 Å². The lowest BCUT2D eigenvalue weighted by Crippen LogP contribution is -2.27. The zero-order valence-electron chi connectivity index (χ0n) is 19.5. The summed E-state index contributed by atoms with van der Waals surface area (Å²) in [7, 11) is -0.980. The van der Waals surface area contributed by atoms with Crippen LogP contribution in [0.15, 0.2) is 71.6 Å². The molecule has 0 heterocycles. The van der Waals surface area contributed by atoms with Crippen molar-refractivity contribution >= 4 is 21.6 Å². The molecule has 0 aliphatic rings. The Kier molecular flexibility index (Phi) is 7.89. The highest BCUT2D eigenvalue weighted by Crippen LogP contribution is 2.29. The van der Waals surface area contributed by atoms with Crippen LogP contribution in [0, 0.1) is 0 Å². The number of anilines is 1. The van der Waals surface area contributed by atoms with E-state index in [-0.39, 0.29) is 28.7 Å². The SMILES string of the molecule is CCc1cccc(CC)c1NC(=O)c1ccc(OC)c(S(=O)(=O)N(C)Cc2ccccc2)c1. The fourth-order valence-electron chi connectivity index (χ4n) is 3.70. The first-order chi connectivity index (χ1) is 15.8. The predicted molar refractivity (Wildman–Crippen MR) is 131 cm³/mol. The van der Waals surface area contributed by atoms with Crippen molar-refractivity contribution in [1.82, 2.24) is 4.31 Å². The van der Waals surface area contributed by atoms with E-state index in [1.165, 1.54) is 30.6 Å². The highest BCUT2D eigenvalue weighted by molar-refractivity contribution is 7.89. The average molecular weight is 467 g/mol. The number of benzene rings is 3. The van der Waals surface area contributed by atoms with Gasteiger partial charge in [0.2, 0.25) is 10.0 Å². The minimum Gasteiger partial charge on any atom is -0.495 e. The highest BCUT2D eigenvalue weighted by Gasteiger charge is 2.26. The number of methoxy groups -OCH3 is 1. The first kappa shape index (κ1) is 24.5. The molecule has 33 heavy (non-hydrogen) atoms.